The van der Waals surface area contributed by atoms with Crippen molar-refractivity contribution in [2.45, 2.75) is 6.54 Å². The van der Waals surface area contributed by atoms with E-state index < -0.39 is 23.4 Å². The lowest BCUT2D eigenvalue weighted by Gasteiger charge is -2.11. The first-order chi connectivity index (χ1) is 13.4. The molecule has 0 unspecified atom stereocenters. The zero-order valence-corrected chi connectivity index (χ0v) is 15.4. The summed E-state index contributed by atoms with van der Waals surface area (Å²) in [4.78, 5) is 34.5. The van der Waals surface area contributed by atoms with Gasteiger partial charge in [0, 0.05) is 35.9 Å². The van der Waals surface area contributed by atoms with Crippen LogP contribution in [-0.2, 0) is 16.1 Å². The van der Waals surface area contributed by atoms with Gasteiger partial charge in [-0.15, -0.1) is 0 Å². The van der Waals surface area contributed by atoms with Crippen molar-refractivity contribution >= 4 is 34.9 Å². The van der Waals surface area contributed by atoms with Gasteiger partial charge >= 0.3 is 5.97 Å². The summed E-state index contributed by atoms with van der Waals surface area (Å²) in [5, 5.41) is 25.7. The average Bonchev–Trinajstić information content (AvgIpc) is 2.68. The molecule has 0 aromatic heterocycles. The van der Waals surface area contributed by atoms with Crippen LogP contribution in [0.25, 0.3) is 0 Å². The molecule has 0 bridgehead atoms. The number of ether oxygens (including phenoxy) is 1. The van der Waals surface area contributed by atoms with Gasteiger partial charge in [0.2, 0.25) is 0 Å². The van der Waals surface area contributed by atoms with Crippen LogP contribution in [0.4, 0.5) is 11.4 Å². The maximum atomic E-state index is 12.3. The van der Waals surface area contributed by atoms with Crippen molar-refractivity contribution < 1.29 is 24.4 Å². The van der Waals surface area contributed by atoms with E-state index in [-0.39, 0.29) is 36.6 Å². The first-order valence-corrected chi connectivity index (χ1v) is 8.60. The van der Waals surface area contributed by atoms with E-state index in [9.17, 15) is 19.7 Å². The molecule has 0 aliphatic carbocycles. The standard InChI is InChI=1S/C18H18ClN3O6/c19-13-3-1-2-12(8-13)10-21-17(24)11-28-18(25)15-9-14(22(26)27)4-5-16(15)20-6-7-23/h1-5,8-9,20,23H,6-7,10-11H2,(H,21,24). The number of carbonyl (C=O) groups excluding carboxylic acids is 2. The quantitative estimate of drug-likeness (QED) is 0.329. The van der Waals surface area contributed by atoms with Crippen LogP contribution in [0.3, 0.4) is 0 Å². The fourth-order valence-corrected chi connectivity index (χ4v) is 2.48. The number of anilines is 1. The largest absolute Gasteiger partial charge is 0.452 e. The number of benzene rings is 2. The topological polar surface area (TPSA) is 131 Å². The van der Waals surface area contributed by atoms with Crippen molar-refractivity contribution in [3.63, 3.8) is 0 Å². The number of esters is 1. The van der Waals surface area contributed by atoms with Gasteiger partial charge in [0.1, 0.15) is 0 Å². The predicted octanol–water partition coefficient (Wildman–Crippen LogP) is 2.13. The van der Waals surface area contributed by atoms with Crippen molar-refractivity contribution in [2.24, 2.45) is 0 Å². The second kappa shape index (κ2) is 10.2. The number of hydrogen-bond acceptors (Lipinski definition) is 7. The molecular weight excluding hydrogens is 390 g/mol. The highest BCUT2D eigenvalue weighted by Crippen LogP contribution is 2.23. The summed E-state index contributed by atoms with van der Waals surface area (Å²) in [7, 11) is 0. The van der Waals surface area contributed by atoms with Crippen molar-refractivity contribution in [1.29, 1.82) is 0 Å². The van der Waals surface area contributed by atoms with Gasteiger partial charge in [-0.3, -0.25) is 14.9 Å². The third kappa shape index (κ3) is 6.22. The third-order valence-electron chi connectivity index (χ3n) is 3.57. The molecule has 0 saturated heterocycles. The molecule has 3 N–H and O–H groups in total. The summed E-state index contributed by atoms with van der Waals surface area (Å²) in [5.41, 5.74) is 0.627. The van der Waals surface area contributed by atoms with E-state index in [1.807, 2.05) is 0 Å². The van der Waals surface area contributed by atoms with Crippen LogP contribution in [0, 0.1) is 10.1 Å². The number of aliphatic hydroxyl groups is 1. The minimum absolute atomic E-state index is 0.106. The molecule has 148 valence electrons. The number of hydrogen-bond donors (Lipinski definition) is 3. The number of nitro benzene ring substituents is 1. The highest BCUT2D eigenvalue weighted by molar-refractivity contribution is 6.30. The number of nitrogens with one attached hydrogen (secondary N) is 2. The van der Waals surface area contributed by atoms with Gasteiger partial charge in [0.05, 0.1) is 17.1 Å². The van der Waals surface area contributed by atoms with Crippen molar-refractivity contribution in [1.82, 2.24) is 5.32 Å². The van der Waals surface area contributed by atoms with Crippen molar-refractivity contribution in [3.8, 4) is 0 Å². The first-order valence-electron chi connectivity index (χ1n) is 8.22. The van der Waals surface area contributed by atoms with Gasteiger partial charge in [-0.1, -0.05) is 23.7 Å². The monoisotopic (exact) mass is 407 g/mol. The van der Waals surface area contributed by atoms with Crippen LogP contribution >= 0.6 is 11.6 Å². The second-order valence-corrected chi connectivity index (χ2v) is 6.06. The molecule has 0 aliphatic rings. The Kier molecular flexibility index (Phi) is 7.73. The van der Waals surface area contributed by atoms with Gasteiger partial charge in [-0.25, -0.2) is 4.79 Å². The van der Waals surface area contributed by atoms with Crippen LogP contribution < -0.4 is 10.6 Å². The summed E-state index contributed by atoms with van der Waals surface area (Å²) in [6.45, 7) is -0.409. The number of non-ortho nitro benzene ring substituents is 1. The summed E-state index contributed by atoms with van der Waals surface area (Å²) in [5.74, 6) is -1.44. The SMILES string of the molecule is O=C(COC(=O)c1cc([N+](=O)[O-])ccc1NCCO)NCc1cccc(Cl)c1. The zero-order valence-electron chi connectivity index (χ0n) is 14.7. The molecule has 0 spiro atoms. The molecule has 1 amide bonds. The smallest absolute Gasteiger partial charge is 0.341 e. The van der Waals surface area contributed by atoms with Gasteiger partial charge < -0.3 is 20.5 Å². The molecular formula is C18H18ClN3O6. The van der Waals surface area contributed by atoms with Gasteiger partial charge in [0.25, 0.3) is 11.6 Å². The van der Waals surface area contributed by atoms with Crippen LogP contribution in [0.2, 0.25) is 5.02 Å². The fraction of sp³-hybridized carbons (Fsp3) is 0.222. The number of nitro groups is 1. The maximum absolute atomic E-state index is 12.3. The molecule has 9 nitrogen and oxygen atoms in total. The molecule has 0 radical (unpaired) electrons. The number of amides is 1. The number of aliphatic hydroxyl groups excluding tert-OH is 1. The normalized spacial score (nSPS) is 10.2. The van der Waals surface area contributed by atoms with Gasteiger partial charge in [-0.2, -0.15) is 0 Å². The van der Waals surface area contributed by atoms with E-state index in [0.717, 1.165) is 11.6 Å². The Morgan fingerprint density at radius 1 is 1.21 bits per heavy atom. The van der Waals surface area contributed by atoms with E-state index in [1.165, 1.54) is 12.1 Å². The molecule has 0 heterocycles. The van der Waals surface area contributed by atoms with Gasteiger partial charge in [-0.05, 0) is 23.8 Å². The van der Waals surface area contributed by atoms with Crippen molar-refractivity contribution in [2.75, 3.05) is 25.1 Å². The third-order valence-corrected chi connectivity index (χ3v) is 3.81. The summed E-state index contributed by atoms with van der Waals surface area (Å²) < 4.78 is 4.96. The van der Waals surface area contributed by atoms with Gasteiger partial charge in [0.15, 0.2) is 6.61 Å². The Bertz CT molecular complexity index is 874. The van der Waals surface area contributed by atoms with Crippen LogP contribution in [-0.4, -0.2) is 41.7 Å². The minimum atomic E-state index is -0.901. The molecule has 0 atom stereocenters. The lowest BCUT2D eigenvalue weighted by Crippen LogP contribution is -2.28. The van der Waals surface area contributed by atoms with E-state index in [2.05, 4.69) is 10.6 Å². The van der Waals surface area contributed by atoms with E-state index >= 15 is 0 Å². The van der Waals surface area contributed by atoms with E-state index in [0.29, 0.717) is 5.02 Å². The molecule has 2 rings (SSSR count). The highest BCUT2D eigenvalue weighted by atomic mass is 35.5. The second-order valence-electron chi connectivity index (χ2n) is 5.62. The van der Waals surface area contributed by atoms with Crippen LogP contribution in [0.5, 0.6) is 0 Å². The summed E-state index contributed by atoms with van der Waals surface area (Å²) in [6, 6.07) is 10.5. The maximum Gasteiger partial charge on any atom is 0.341 e. The summed E-state index contributed by atoms with van der Waals surface area (Å²) >= 11 is 5.87. The molecule has 0 fully saturated rings. The first kappa shape index (κ1) is 21.1. The Morgan fingerprint density at radius 2 is 2.00 bits per heavy atom. The molecule has 28 heavy (non-hydrogen) atoms. The Morgan fingerprint density at radius 3 is 2.68 bits per heavy atom. The van der Waals surface area contributed by atoms with Crippen LogP contribution in [0.1, 0.15) is 15.9 Å². The molecule has 0 aliphatic heterocycles. The number of halogens is 1. The molecule has 2 aromatic carbocycles. The zero-order chi connectivity index (χ0) is 20.5. The Hall–Kier alpha value is -3.17. The highest BCUT2D eigenvalue weighted by Gasteiger charge is 2.19. The molecule has 10 heteroatoms. The lowest BCUT2D eigenvalue weighted by molar-refractivity contribution is -0.384. The number of carbonyl (C=O) groups is 2. The predicted molar refractivity (Wildman–Crippen MR) is 102 cm³/mol. The van der Waals surface area contributed by atoms with E-state index in [1.54, 1.807) is 24.3 Å². The minimum Gasteiger partial charge on any atom is -0.452 e. The van der Waals surface area contributed by atoms with Crippen molar-refractivity contribution in [3.05, 3.63) is 68.7 Å². The van der Waals surface area contributed by atoms with Crippen LogP contribution in [0.15, 0.2) is 42.5 Å². The number of nitrogens with zero attached hydrogens (tertiary/aromatic N) is 1. The number of rotatable bonds is 9. The Labute approximate surface area is 165 Å². The molecule has 2 aromatic rings. The average molecular weight is 408 g/mol. The van der Waals surface area contributed by atoms with E-state index in [4.69, 9.17) is 21.4 Å². The molecule has 0 saturated carbocycles. The Balaban J connectivity index is 1.97. The fourth-order valence-electron chi connectivity index (χ4n) is 2.27. The lowest BCUT2D eigenvalue weighted by atomic mass is 10.1. The summed E-state index contributed by atoms with van der Waals surface area (Å²) in [6.07, 6.45) is 0.